The Balaban J connectivity index is 2.27. The van der Waals surface area contributed by atoms with Gasteiger partial charge in [0.05, 0.1) is 12.2 Å². The third kappa shape index (κ3) is 3.40. The van der Waals surface area contributed by atoms with E-state index in [0.29, 0.717) is 6.54 Å². The van der Waals surface area contributed by atoms with Gasteiger partial charge in [0, 0.05) is 24.4 Å². The number of pyridine rings is 1. The molecule has 5 heteroatoms. The second-order valence-corrected chi connectivity index (χ2v) is 4.41. The molecular formula is C14H18N4O. The maximum Gasteiger partial charge on any atom is 0.267 e. The van der Waals surface area contributed by atoms with E-state index >= 15 is 0 Å². The van der Waals surface area contributed by atoms with Crippen LogP contribution in [-0.4, -0.2) is 21.3 Å². The lowest BCUT2D eigenvalue weighted by Gasteiger charge is -2.11. The topological polar surface area (TPSA) is 59.8 Å². The summed E-state index contributed by atoms with van der Waals surface area (Å²) >= 11 is 0. The van der Waals surface area contributed by atoms with Crippen molar-refractivity contribution < 1.29 is 0 Å². The Morgan fingerprint density at radius 3 is 2.95 bits per heavy atom. The van der Waals surface area contributed by atoms with Crippen molar-refractivity contribution in [2.75, 3.05) is 11.9 Å². The molecule has 0 aliphatic heterocycles. The Kier molecular flexibility index (Phi) is 4.28. The molecule has 5 nitrogen and oxygen atoms in total. The minimum atomic E-state index is -0.101. The number of aryl methyl sites for hydroxylation is 1. The van der Waals surface area contributed by atoms with Crippen LogP contribution in [0.2, 0.25) is 0 Å². The van der Waals surface area contributed by atoms with Gasteiger partial charge < -0.3 is 5.32 Å². The molecule has 0 amide bonds. The molecule has 0 fully saturated rings. The molecular weight excluding hydrogens is 240 g/mol. The minimum Gasteiger partial charge on any atom is -0.370 e. The molecule has 19 heavy (non-hydrogen) atoms. The molecule has 0 atom stereocenters. The minimum absolute atomic E-state index is 0.101. The van der Waals surface area contributed by atoms with Crippen LogP contribution in [0.5, 0.6) is 0 Å². The van der Waals surface area contributed by atoms with E-state index < -0.39 is 0 Å². The molecule has 0 saturated carbocycles. The van der Waals surface area contributed by atoms with E-state index in [1.165, 1.54) is 10.7 Å². The lowest BCUT2D eigenvalue weighted by molar-refractivity contribution is 0.627. The quantitative estimate of drug-likeness (QED) is 0.888. The smallest absolute Gasteiger partial charge is 0.267 e. The van der Waals surface area contributed by atoms with Crippen molar-refractivity contribution in [2.24, 2.45) is 0 Å². The standard InChI is InChI=1S/C14H18N4O/c1-3-8-15-14-12(5-4-9-16-14)10-18-13(19)7-6-11(2)17-18/h4-7,9H,3,8,10H2,1-2H3,(H,15,16). The summed E-state index contributed by atoms with van der Waals surface area (Å²) in [6, 6.07) is 7.09. The van der Waals surface area contributed by atoms with Crippen molar-refractivity contribution in [2.45, 2.75) is 26.8 Å². The van der Waals surface area contributed by atoms with Crippen LogP contribution in [0.1, 0.15) is 24.6 Å². The first-order valence-corrected chi connectivity index (χ1v) is 6.43. The van der Waals surface area contributed by atoms with Crippen molar-refractivity contribution in [1.29, 1.82) is 0 Å². The van der Waals surface area contributed by atoms with Gasteiger partial charge in [-0.2, -0.15) is 5.10 Å². The average molecular weight is 258 g/mol. The van der Waals surface area contributed by atoms with Crippen molar-refractivity contribution in [3.05, 3.63) is 52.1 Å². The van der Waals surface area contributed by atoms with Crippen LogP contribution < -0.4 is 10.9 Å². The Morgan fingerprint density at radius 2 is 2.16 bits per heavy atom. The summed E-state index contributed by atoms with van der Waals surface area (Å²) in [4.78, 5) is 16.1. The van der Waals surface area contributed by atoms with Gasteiger partial charge in [-0.15, -0.1) is 0 Å². The SMILES string of the molecule is CCCNc1ncccc1Cn1nc(C)ccc1=O. The Labute approximate surface area is 112 Å². The molecule has 2 rings (SSSR count). The maximum absolute atomic E-state index is 11.8. The summed E-state index contributed by atoms with van der Waals surface area (Å²) in [7, 11) is 0. The highest BCUT2D eigenvalue weighted by atomic mass is 16.1. The second-order valence-electron chi connectivity index (χ2n) is 4.41. The molecule has 0 aromatic carbocycles. The Morgan fingerprint density at radius 1 is 1.32 bits per heavy atom. The van der Waals surface area contributed by atoms with Gasteiger partial charge in [-0.1, -0.05) is 13.0 Å². The summed E-state index contributed by atoms with van der Waals surface area (Å²) < 4.78 is 1.46. The van der Waals surface area contributed by atoms with Crippen molar-refractivity contribution in [1.82, 2.24) is 14.8 Å². The lowest BCUT2D eigenvalue weighted by Crippen LogP contribution is -2.23. The van der Waals surface area contributed by atoms with Crippen LogP contribution in [0.4, 0.5) is 5.82 Å². The maximum atomic E-state index is 11.8. The Hall–Kier alpha value is -2.17. The Bertz CT molecular complexity index is 606. The van der Waals surface area contributed by atoms with Crippen LogP contribution in [0.3, 0.4) is 0 Å². The molecule has 0 bridgehead atoms. The number of aromatic nitrogens is 3. The zero-order chi connectivity index (χ0) is 13.7. The van der Waals surface area contributed by atoms with Gasteiger partial charge in [0.2, 0.25) is 0 Å². The molecule has 0 saturated heterocycles. The third-order valence-corrected chi connectivity index (χ3v) is 2.75. The molecule has 2 aromatic rings. The van der Waals surface area contributed by atoms with Crippen LogP contribution >= 0.6 is 0 Å². The van der Waals surface area contributed by atoms with Gasteiger partial charge in [0.25, 0.3) is 5.56 Å². The summed E-state index contributed by atoms with van der Waals surface area (Å²) in [6.45, 7) is 5.26. The van der Waals surface area contributed by atoms with E-state index in [1.54, 1.807) is 12.3 Å². The number of hydrogen-bond donors (Lipinski definition) is 1. The van der Waals surface area contributed by atoms with Gasteiger partial charge in [-0.25, -0.2) is 9.67 Å². The number of nitrogens with zero attached hydrogens (tertiary/aromatic N) is 3. The zero-order valence-electron chi connectivity index (χ0n) is 11.3. The number of hydrogen-bond acceptors (Lipinski definition) is 4. The van der Waals surface area contributed by atoms with Gasteiger partial charge in [0.15, 0.2) is 0 Å². The van der Waals surface area contributed by atoms with Crippen LogP contribution in [0.25, 0.3) is 0 Å². The fourth-order valence-corrected chi connectivity index (χ4v) is 1.79. The fraction of sp³-hybridized carbons (Fsp3) is 0.357. The van der Waals surface area contributed by atoms with E-state index in [-0.39, 0.29) is 5.56 Å². The largest absolute Gasteiger partial charge is 0.370 e. The van der Waals surface area contributed by atoms with E-state index in [1.807, 2.05) is 19.1 Å². The fourth-order valence-electron chi connectivity index (χ4n) is 1.79. The first-order valence-electron chi connectivity index (χ1n) is 6.43. The molecule has 0 unspecified atom stereocenters. The average Bonchev–Trinajstić information content (AvgIpc) is 2.42. The summed E-state index contributed by atoms with van der Waals surface area (Å²) in [6.07, 6.45) is 2.77. The highest BCUT2D eigenvalue weighted by Crippen LogP contribution is 2.12. The molecule has 0 spiro atoms. The third-order valence-electron chi connectivity index (χ3n) is 2.75. The lowest BCUT2D eigenvalue weighted by atomic mass is 10.2. The van der Waals surface area contributed by atoms with E-state index in [4.69, 9.17) is 0 Å². The summed E-state index contributed by atoms with van der Waals surface area (Å²) in [5.41, 5.74) is 1.69. The van der Waals surface area contributed by atoms with E-state index in [0.717, 1.165) is 30.0 Å². The molecule has 0 aliphatic carbocycles. The van der Waals surface area contributed by atoms with Gasteiger partial charge in [-0.05, 0) is 25.5 Å². The highest BCUT2D eigenvalue weighted by Gasteiger charge is 2.05. The van der Waals surface area contributed by atoms with Crippen molar-refractivity contribution >= 4 is 5.82 Å². The molecule has 0 aliphatic rings. The van der Waals surface area contributed by atoms with Gasteiger partial charge in [0.1, 0.15) is 5.82 Å². The molecule has 0 radical (unpaired) electrons. The number of nitrogens with one attached hydrogen (secondary N) is 1. The van der Waals surface area contributed by atoms with Crippen LogP contribution in [0, 0.1) is 6.92 Å². The monoisotopic (exact) mass is 258 g/mol. The molecule has 2 heterocycles. The first kappa shape index (κ1) is 13.3. The summed E-state index contributed by atoms with van der Waals surface area (Å²) in [5, 5.41) is 7.50. The van der Waals surface area contributed by atoms with Crippen LogP contribution in [0.15, 0.2) is 35.3 Å². The second kappa shape index (κ2) is 6.13. The number of anilines is 1. The van der Waals surface area contributed by atoms with Crippen molar-refractivity contribution in [3.63, 3.8) is 0 Å². The first-order chi connectivity index (χ1) is 9.20. The molecule has 100 valence electrons. The van der Waals surface area contributed by atoms with E-state index in [9.17, 15) is 4.79 Å². The molecule has 1 N–H and O–H groups in total. The predicted octanol–water partition coefficient (Wildman–Crippen LogP) is 1.82. The predicted molar refractivity (Wildman–Crippen MR) is 75.4 cm³/mol. The summed E-state index contributed by atoms with van der Waals surface area (Å²) in [5.74, 6) is 0.819. The van der Waals surface area contributed by atoms with Gasteiger partial charge in [-0.3, -0.25) is 4.79 Å². The zero-order valence-corrected chi connectivity index (χ0v) is 11.3. The molecule has 2 aromatic heterocycles. The highest BCUT2D eigenvalue weighted by molar-refractivity contribution is 5.43. The normalized spacial score (nSPS) is 10.4. The van der Waals surface area contributed by atoms with Crippen molar-refractivity contribution in [3.8, 4) is 0 Å². The van der Waals surface area contributed by atoms with Crippen LogP contribution in [-0.2, 0) is 6.54 Å². The number of rotatable bonds is 5. The van der Waals surface area contributed by atoms with E-state index in [2.05, 4.69) is 22.3 Å². The van der Waals surface area contributed by atoms with Gasteiger partial charge >= 0.3 is 0 Å².